The second-order valence-corrected chi connectivity index (χ2v) is 9.69. The van der Waals surface area contributed by atoms with Gasteiger partial charge in [-0.15, -0.1) is 21.5 Å². The number of likely N-dealkylation sites (tertiary alicyclic amines) is 1. The van der Waals surface area contributed by atoms with Crippen molar-refractivity contribution < 1.29 is 4.79 Å². The number of rotatable bonds is 5. The number of nitrogens with zero attached hydrogens (tertiary/aromatic N) is 5. The first-order chi connectivity index (χ1) is 15.2. The number of aryl methyl sites for hydroxylation is 1. The lowest BCUT2D eigenvalue weighted by Gasteiger charge is -2.31. The van der Waals surface area contributed by atoms with E-state index in [1.807, 2.05) is 58.9 Å². The van der Waals surface area contributed by atoms with Crippen molar-refractivity contribution in [2.24, 2.45) is 0 Å². The van der Waals surface area contributed by atoms with E-state index in [1.54, 1.807) is 11.3 Å². The van der Waals surface area contributed by atoms with Gasteiger partial charge in [0.2, 0.25) is 5.91 Å². The van der Waals surface area contributed by atoms with Crippen molar-refractivity contribution in [1.82, 2.24) is 24.6 Å². The number of piperidine rings is 1. The molecule has 0 spiro atoms. The molecule has 0 radical (unpaired) electrons. The molecule has 1 aliphatic heterocycles. The van der Waals surface area contributed by atoms with Gasteiger partial charge in [-0.25, -0.2) is 4.98 Å². The van der Waals surface area contributed by atoms with Gasteiger partial charge in [-0.05, 0) is 44.0 Å². The van der Waals surface area contributed by atoms with Crippen molar-refractivity contribution >= 4 is 39.2 Å². The van der Waals surface area contributed by atoms with Gasteiger partial charge in [-0.2, -0.15) is 0 Å². The summed E-state index contributed by atoms with van der Waals surface area (Å²) in [7, 11) is 0. The van der Waals surface area contributed by atoms with Crippen LogP contribution in [-0.4, -0.2) is 49.4 Å². The van der Waals surface area contributed by atoms with E-state index in [4.69, 9.17) is 4.98 Å². The van der Waals surface area contributed by atoms with Crippen LogP contribution in [-0.2, 0) is 4.79 Å². The van der Waals surface area contributed by atoms with Crippen LogP contribution in [0.15, 0.2) is 59.8 Å². The Hall–Kier alpha value is -2.71. The summed E-state index contributed by atoms with van der Waals surface area (Å²) >= 11 is 3.20. The van der Waals surface area contributed by atoms with Crippen molar-refractivity contribution in [2.45, 2.75) is 30.8 Å². The number of fused-ring (bicyclic) bond motifs is 1. The van der Waals surface area contributed by atoms with Crippen LogP contribution in [0.25, 0.3) is 15.9 Å². The van der Waals surface area contributed by atoms with Crippen LogP contribution in [0.3, 0.4) is 0 Å². The van der Waals surface area contributed by atoms with Crippen LogP contribution in [0.1, 0.15) is 29.6 Å². The molecule has 1 saturated heterocycles. The Bertz CT molecular complexity index is 1170. The fraction of sp³-hybridized carbons (Fsp3) is 0.304. The van der Waals surface area contributed by atoms with Gasteiger partial charge in [-0.3, -0.25) is 9.36 Å². The molecule has 2 aromatic carbocycles. The quantitative estimate of drug-likeness (QED) is 0.414. The molecule has 0 unspecified atom stereocenters. The van der Waals surface area contributed by atoms with E-state index >= 15 is 0 Å². The lowest BCUT2D eigenvalue weighted by atomic mass is 9.99. The summed E-state index contributed by atoms with van der Waals surface area (Å²) in [6, 6.07) is 18.3. The Morgan fingerprint density at radius 3 is 2.77 bits per heavy atom. The Kier molecular flexibility index (Phi) is 5.74. The van der Waals surface area contributed by atoms with Gasteiger partial charge >= 0.3 is 0 Å². The van der Waals surface area contributed by atoms with E-state index in [0.29, 0.717) is 11.7 Å². The minimum Gasteiger partial charge on any atom is -0.341 e. The molecule has 0 saturated carbocycles. The second kappa shape index (κ2) is 8.80. The maximum absolute atomic E-state index is 13.0. The highest BCUT2D eigenvalue weighted by Crippen LogP contribution is 2.33. The zero-order valence-electron chi connectivity index (χ0n) is 17.3. The first-order valence-electron chi connectivity index (χ1n) is 10.4. The molecule has 2 aromatic heterocycles. The van der Waals surface area contributed by atoms with Gasteiger partial charge in [0.1, 0.15) is 5.82 Å². The summed E-state index contributed by atoms with van der Waals surface area (Å²) < 4.78 is 3.21. The van der Waals surface area contributed by atoms with Crippen LogP contribution in [0.5, 0.6) is 0 Å². The molecule has 0 aliphatic carbocycles. The number of hydrogen-bond donors (Lipinski definition) is 0. The third-order valence-corrected chi connectivity index (χ3v) is 7.68. The van der Waals surface area contributed by atoms with Crippen molar-refractivity contribution in [3.63, 3.8) is 0 Å². The molecule has 158 valence electrons. The number of para-hydroxylation sites is 2. The van der Waals surface area contributed by atoms with E-state index < -0.39 is 0 Å². The van der Waals surface area contributed by atoms with Crippen LogP contribution < -0.4 is 0 Å². The zero-order valence-corrected chi connectivity index (χ0v) is 18.9. The molecule has 1 aliphatic rings. The smallest absolute Gasteiger partial charge is 0.233 e. The number of thiazole rings is 1. The van der Waals surface area contributed by atoms with Crippen LogP contribution >= 0.6 is 23.1 Å². The van der Waals surface area contributed by atoms with Crippen LogP contribution in [0.4, 0.5) is 0 Å². The summed E-state index contributed by atoms with van der Waals surface area (Å²) in [6.07, 6.45) is 2.09. The second-order valence-electron chi connectivity index (χ2n) is 7.69. The van der Waals surface area contributed by atoms with E-state index in [1.165, 1.54) is 16.5 Å². The van der Waals surface area contributed by atoms with E-state index in [9.17, 15) is 4.79 Å². The Balaban J connectivity index is 1.26. The molecule has 0 N–H and O–H groups in total. The Morgan fingerprint density at radius 1 is 1.13 bits per heavy atom. The van der Waals surface area contributed by atoms with Crippen molar-refractivity contribution in [2.75, 3.05) is 18.8 Å². The molecule has 5 rings (SSSR count). The van der Waals surface area contributed by atoms with Gasteiger partial charge < -0.3 is 4.90 Å². The molecule has 1 amide bonds. The fourth-order valence-electron chi connectivity index (χ4n) is 4.00. The third kappa shape index (κ3) is 4.22. The minimum absolute atomic E-state index is 0.149. The Morgan fingerprint density at radius 2 is 1.94 bits per heavy atom. The van der Waals surface area contributed by atoms with Crippen molar-refractivity contribution in [1.29, 1.82) is 0 Å². The van der Waals surface area contributed by atoms with Gasteiger partial charge in [-0.1, -0.05) is 42.1 Å². The number of carbonyl (C=O) groups is 1. The number of carbonyl (C=O) groups excluding carboxylic acids is 1. The lowest BCUT2D eigenvalue weighted by Crippen LogP contribution is -2.40. The molecule has 1 atom stereocenters. The maximum Gasteiger partial charge on any atom is 0.233 e. The summed E-state index contributed by atoms with van der Waals surface area (Å²) in [5.41, 5.74) is 2.06. The normalized spacial score (nSPS) is 16.7. The van der Waals surface area contributed by atoms with Gasteiger partial charge in [0.05, 0.1) is 21.0 Å². The zero-order chi connectivity index (χ0) is 21.2. The third-order valence-electron chi connectivity index (χ3n) is 5.57. The van der Waals surface area contributed by atoms with Crippen molar-refractivity contribution in [3.8, 4) is 5.69 Å². The number of aromatic nitrogens is 4. The van der Waals surface area contributed by atoms with E-state index in [0.717, 1.165) is 53.1 Å². The lowest BCUT2D eigenvalue weighted by molar-refractivity contribution is -0.129. The monoisotopic (exact) mass is 449 g/mol. The molecule has 8 heteroatoms. The summed E-state index contributed by atoms with van der Waals surface area (Å²) in [6.45, 7) is 3.48. The SMILES string of the molecule is Cc1nnc(SCC(=O)N2CCC[C@H](c3nc4ccccc4s3)C2)n1-c1ccccc1. The molecular weight excluding hydrogens is 426 g/mol. The van der Waals surface area contributed by atoms with Gasteiger partial charge in [0.25, 0.3) is 0 Å². The average molecular weight is 450 g/mol. The predicted octanol–water partition coefficient (Wildman–Crippen LogP) is 4.68. The topological polar surface area (TPSA) is 63.9 Å². The average Bonchev–Trinajstić information content (AvgIpc) is 3.41. The molecular formula is C23H23N5OS2. The number of amides is 1. The molecule has 0 bridgehead atoms. The van der Waals surface area contributed by atoms with E-state index in [-0.39, 0.29) is 5.91 Å². The number of hydrogen-bond acceptors (Lipinski definition) is 6. The largest absolute Gasteiger partial charge is 0.341 e. The summed E-state index contributed by atoms with van der Waals surface area (Å²) in [5, 5.41) is 10.4. The number of thioether (sulfide) groups is 1. The van der Waals surface area contributed by atoms with E-state index in [2.05, 4.69) is 22.3 Å². The first-order valence-corrected chi connectivity index (χ1v) is 12.2. The maximum atomic E-state index is 13.0. The fourth-order valence-corrected chi connectivity index (χ4v) is 5.99. The standard InChI is InChI=1S/C23H23N5OS2/c1-16-25-26-23(28(16)18-9-3-2-4-10-18)30-15-21(29)27-13-7-8-17(14-27)22-24-19-11-5-6-12-20(19)31-22/h2-6,9-12,17H,7-8,13-15H2,1H3/t17-/m0/s1. The highest BCUT2D eigenvalue weighted by atomic mass is 32.2. The molecule has 6 nitrogen and oxygen atoms in total. The summed E-state index contributed by atoms with van der Waals surface area (Å²) in [5.74, 6) is 1.64. The molecule has 31 heavy (non-hydrogen) atoms. The minimum atomic E-state index is 0.149. The van der Waals surface area contributed by atoms with Gasteiger partial charge in [0.15, 0.2) is 5.16 Å². The van der Waals surface area contributed by atoms with Gasteiger partial charge in [0, 0.05) is 24.7 Å². The Labute approximate surface area is 189 Å². The highest BCUT2D eigenvalue weighted by Gasteiger charge is 2.27. The molecule has 4 aromatic rings. The van der Waals surface area contributed by atoms with Crippen LogP contribution in [0.2, 0.25) is 0 Å². The molecule has 3 heterocycles. The molecule has 1 fully saturated rings. The first kappa shape index (κ1) is 20.2. The predicted molar refractivity (Wildman–Crippen MR) is 125 cm³/mol. The summed E-state index contributed by atoms with van der Waals surface area (Å²) in [4.78, 5) is 19.8. The van der Waals surface area contributed by atoms with Crippen molar-refractivity contribution in [3.05, 3.63) is 65.4 Å². The highest BCUT2D eigenvalue weighted by molar-refractivity contribution is 7.99. The number of benzene rings is 2. The van der Waals surface area contributed by atoms with Crippen LogP contribution in [0, 0.1) is 6.92 Å².